The third-order valence-corrected chi connectivity index (χ3v) is 23.2. The number of nitrogen functional groups attached to an aromatic ring is 5. The largest absolute Gasteiger partial charge is 0.417 e. The minimum Gasteiger partial charge on any atom is -0.384 e. The average Bonchev–Trinajstić information content (AvgIpc) is 1.58. The quantitative estimate of drug-likeness (QED) is 0.0604. The van der Waals surface area contributed by atoms with E-state index >= 15 is 0 Å². The number of fused-ring (bicyclic) bond motifs is 8. The second kappa shape index (κ2) is 32.7. The van der Waals surface area contributed by atoms with Gasteiger partial charge in [-0.25, -0.2) is 54.8 Å². The maximum absolute atomic E-state index is 13.8. The van der Waals surface area contributed by atoms with E-state index in [0.29, 0.717) is 86.9 Å². The van der Waals surface area contributed by atoms with Crippen molar-refractivity contribution in [3.05, 3.63) is 199 Å². The van der Waals surface area contributed by atoms with Crippen LogP contribution in [-0.4, -0.2) is 84.4 Å². The van der Waals surface area contributed by atoms with Gasteiger partial charge in [0.15, 0.2) is 5.82 Å². The molecule has 11 heterocycles. The Morgan fingerprint density at radius 1 is 0.400 bits per heavy atom. The zero-order valence-corrected chi connectivity index (χ0v) is 68.0. The van der Waals surface area contributed by atoms with Gasteiger partial charge in [-0.15, -0.1) is 0 Å². The zero-order chi connectivity index (χ0) is 85.5. The van der Waals surface area contributed by atoms with Gasteiger partial charge in [0.25, 0.3) is 29.5 Å². The summed E-state index contributed by atoms with van der Waals surface area (Å²) in [7, 11) is 0. The lowest BCUT2D eigenvalue weighted by Crippen LogP contribution is -2.41. The lowest BCUT2D eigenvalue weighted by atomic mass is 9.76. The molecule has 5 amide bonds. The number of nitrogens with two attached hydrogens (primary N) is 5. The van der Waals surface area contributed by atoms with Crippen molar-refractivity contribution in [2.45, 2.75) is 186 Å². The SMILES string of the molecule is CC1(C)NC(=O)c2c(Cl)cc(Nc3cc(N)ncn3)cc21.Cc1c(N)ncnc1Nc1cc(C(F)(F)F)c2c(c1)C1(CCCCC1)NC2=O.Cc1cc(Nc2cc(N)ncn2)cc2c1C(=O)NC2(C)C.Cc1cc(Nc2cc(N)ncn2)nc2c1C(=O)NC21CCCCC1.Cc1cc(Nc2ncnc(N)c2C#N)cc2c1C(=O)NC21CCCCC1. The van der Waals surface area contributed by atoms with Gasteiger partial charge in [-0.1, -0.05) is 69.4 Å². The van der Waals surface area contributed by atoms with Crippen molar-refractivity contribution < 1.29 is 37.1 Å². The molecule has 10 aromatic rings. The van der Waals surface area contributed by atoms with Gasteiger partial charge < -0.3 is 81.8 Å². The second-order valence-electron chi connectivity index (χ2n) is 32.2. The van der Waals surface area contributed by atoms with E-state index in [2.05, 4.69) is 103 Å². The number of aryl methyl sites for hydroxylation is 3. The first-order valence-corrected chi connectivity index (χ1v) is 39.6. The first kappa shape index (κ1) is 82.9. The summed E-state index contributed by atoms with van der Waals surface area (Å²) in [6.07, 6.45) is 16.8. The summed E-state index contributed by atoms with van der Waals surface area (Å²) >= 11 is 6.24. The second-order valence-corrected chi connectivity index (χ2v) is 32.6. The lowest BCUT2D eigenvalue weighted by molar-refractivity contribution is -0.137. The fourth-order valence-electron chi connectivity index (χ4n) is 17.2. The molecule has 0 saturated heterocycles. The third-order valence-electron chi connectivity index (χ3n) is 22.9. The van der Waals surface area contributed by atoms with Gasteiger partial charge in [0.05, 0.1) is 60.7 Å². The molecule has 620 valence electrons. The van der Waals surface area contributed by atoms with Gasteiger partial charge in [-0.2, -0.15) is 18.4 Å². The van der Waals surface area contributed by atoms with Gasteiger partial charge >= 0.3 is 6.18 Å². The molecule has 6 aromatic heterocycles. The Kier molecular flexibility index (Phi) is 22.6. The number of hydrogen-bond donors (Lipinski definition) is 15. The van der Waals surface area contributed by atoms with Crippen LogP contribution in [0, 0.1) is 39.0 Å². The zero-order valence-electron chi connectivity index (χ0n) is 67.2. The van der Waals surface area contributed by atoms with Crippen molar-refractivity contribution in [1.29, 1.82) is 5.26 Å². The van der Waals surface area contributed by atoms with Gasteiger partial charge in [-0.05, 0) is 187 Å². The molecule has 0 unspecified atom stereocenters. The van der Waals surface area contributed by atoms with E-state index in [0.717, 1.165) is 150 Å². The molecule has 3 saturated carbocycles. The average molecular weight is 1650 g/mol. The van der Waals surface area contributed by atoms with E-state index in [9.17, 15) is 42.4 Å². The van der Waals surface area contributed by atoms with Crippen molar-refractivity contribution in [2.24, 2.45) is 0 Å². The molecule has 3 fully saturated rings. The van der Waals surface area contributed by atoms with Crippen LogP contribution in [0.2, 0.25) is 5.02 Å². The summed E-state index contributed by atoms with van der Waals surface area (Å²) in [6, 6.07) is 22.8. The Bertz CT molecular complexity index is 5690. The van der Waals surface area contributed by atoms with Gasteiger partial charge in [0.2, 0.25) is 0 Å². The van der Waals surface area contributed by atoms with Crippen molar-refractivity contribution in [2.75, 3.05) is 55.3 Å². The Morgan fingerprint density at radius 2 is 0.783 bits per heavy atom. The first-order chi connectivity index (χ1) is 57.1. The predicted octanol–water partition coefficient (Wildman–Crippen LogP) is 13.8. The molecule has 8 aliphatic rings. The van der Waals surface area contributed by atoms with Crippen LogP contribution in [-0.2, 0) is 33.9 Å². The van der Waals surface area contributed by atoms with Crippen molar-refractivity contribution in [1.82, 2.24) is 81.4 Å². The fourth-order valence-corrected chi connectivity index (χ4v) is 17.5. The highest BCUT2D eigenvalue weighted by Gasteiger charge is 2.51. The Balaban J connectivity index is 0.000000123. The number of nitriles is 1. The normalized spacial score (nSPS) is 17.1. The monoisotopic (exact) mass is 1650 g/mol. The summed E-state index contributed by atoms with van der Waals surface area (Å²) in [5, 5.41) is 40.5. The van der Waals surface area contributed by atoms with Crippen LogP contribution in [0.5, 0.6) is 0 Å². The molecule has 5 aliphatic heterocycles. The fraction of sp³-hybridized carbons (Fsp3) is 0.345. The molecule has 36 heteroatoms. The molecule has 18 rings (SSSR count). The van der Waals surface area contributed by atoms with E-state index in [1.807, 2.05) is 90.9 Å². The predicted molar refractivity (Wildman–Crippen MR) is 450 cm³/mol. The van der Waals surface area contributed by atoms with E-state index in [-0.39, 0.29) is 68.7 Å². The van der Waals surface area contributed by atoms with E-state index in [4.69, 9.17) is 45.3 Å². The number of hydrogen-bond acceptors (Lipinski definition) is 27. The van der Waals surface area contributed by atoms with E-state index in [1.54, 1.807) is 37.3 Å². The maximum atomic E-state index is 13.8. The molecule has 3 spiro atoms. The van der Waals surface area contributed by atoms with Crippen LogP contribution in [0.25, 0.3) is 0 Å². The number of pyridine rings is 1. The van der Waals surface area contributed by atoms with Crippen molar-refractivity contribution in [3.63, 3.8) is 0 Å². The van der Waals surface area contributed by atoms with Gasteiger partial charge in [0, 0.05) is 57.6 Å². The number of carbonyl (C=O) groups excluding carboxylic acids is 5. The van der Waals surface area contributed by atoms with Gasteiger partial charge in [0.1, 0.15) is 101 Å². The van der Waals surface area contributed by atoms with Crippen molar-refractivity contribution in [3.8, 4) is 6.07 Å². The molecule has 20 N–H and O–H groups in total. The number of carbonyl (C=O) groups is 5. The molecule has 120 heavy (non-hydrogen) atoms. The number of aromatic nitrogens is 11. The molecular formula is C84H91ClF3N27O5. The van der Waals surface area contributed by atoms with Crippen LogP contribution in [0.1, 0.15) is 237 Å². The number of nitrogens with zero attached hydrogens (tertiary/aromatic N) is 12. The van der Waals surface area contributed by atoms with Crippen LogP contribution in [0.15, 0.2) is 104 Å². The first-order valence-electron chi connectivity index (χ1n) is 39.3. The van der Waals surface area contributed by atoms with Crippen LogP contribution in [0.3, 0.4) is 0 Å². The summed E-state index contributed by atoms with van der Waals surface area (Å²) in [5.74, 6) is 3.88. The highest BCUT2D eigenvalue weighted by Crippen LogP contribution is 2.50. The maximum Gasteiger partial charge on any atom is 0.417 e. The number of halogens is 4. The van der Waals surface area contributed by atoms with E-state index < -0.39 is 28.7 Å². The Labute approximate surface area is 693 Å². The molecule has 4 aromatic carbocycles. The smallest absolute Gasteiger partial charge is 0.384 e. The Morgan fingerprint density at radius 3 is 1.30 bits per heavy atom. The molecule has 32 nitrogen and oxygen atoms in total. The summed E-state index contributed by atoms with van der Waals surface area (Å²) in [4.78, 5) is 106. The number of alkyl halides is 3. The summed E-state index contributed by atoms with van der Waals surface area (Å²) in [6.45, 7) is 15.3. The minimum absolute atomic E-state index is 0.00488. The summed E-state index contributed by atoms with van der Waals surface area (Å²) < 4.78 is 41.3. The minimum atomic E-state index is -4.65. The van der Waals surface area contributed by atoms with Crippen LogP contribution in [0.4, 0.5) is 99.9 Å². The molecule has 0 bridgehead atoms. The Hall–Kier alpha value is -13.7. The topological polar surface area (TPSA) is 501 Å². The van der Waals surface area contributed by atoms with Crippen LogP contribution >= 0.6 is 11.6 Å². The van der Waals surface area contributed by atoms with Gasteiger partial charge in [-0.3, -0.25) is 24.0 Å². The molecule has 0 radical (unpaired) electrons. The van der Waals surface area contributed by atoms with Crippen molar-refractivity contribution >= 4 is 128 Å². The molecule has 0 atom stereocenters. The lowest BCUT2D eigenvalue weighted by Gasteiger charge is -2.34. The molecular weight excluding hydrogens is 1560 g/mol. The van der Waals surface area contributed by atoms with E-state index in [1.165, 1.54) is 44.5 Å². The summed E-state index contributed by atoms with van der Waals surface area (Å²) in [5.41, 5.74) is 38.2. The number of benzene rings is 4. The van der Waals surface area contributed by atoms with Crippen LogP contribution < -0.4 is 81.8 Å². The number of rotatable bonds is 10. The number of anilines is 15. The highest BCUT2D eigenvalue weighted by atomic mass is 35.5. The number of nitrogens with one attached hydrogen (secondary N) is 10. The highest BCUT2D eigenvalue weighted by molar-refractivity contribution is 6.34. The molecule has 3 aliphatic carbocycles. The number of amides is 5. The standard InChI is InChI=1S/C19H20F3N5O.C19H20N6O.C17H20N6O.C15H17N5O.C14H14ClN5O/c1-10-15(23)24-9-25-16(10)26-11-7-12-14(13(8-11)19(20,21)22)17(28)27-18(12)5-3-2-4-6-18;1-11-7-12(24-17-13(9-20)16(21)22-10-23-17)8-14-15(11)18(26)25-19(14)5-3-2-4-6-19;1-10-7-13(21-12-8-11(18)19-9-20-12)22-15-14(10)16(24)23-17(15)5-3-2-4-6-17;1-8-4-9(19-12-6-11(16)17-7-18-12)5-10-13(8)14(21)20-15(10,2)3;1-14(2)8-3-7(4-9(15)12(8)13(21)20-14)19-11-5-10(16)17-6-18-11/h7-9H,2-6H2,1H3,(H,27,28)(H3,23,24,25,26);7-8,10H,2-6H2,1H3,(H,25,26)(H3,21,22,23,24);7-9H,2-6H2,1H3,(H,23,24)(H3,18,19,20,21,22);4-7H,1-3H3,(H,20,21)(H3,16,17,18,19);3-6H,1-2H3,(H,20,21)(H3,16,17,18,19). The third kappa shape index (κ3) is 16.8.